The molecule has 0 spiro atoms. The fourth-order valence-corrected chi connectivity index (χ4v) is 1.02. The molecule has 0 aromatic carbocycles. The summed E-state index contributed by atoms with van der Waals surface area (Å²) < 4.78 is 0. The van der Waals surface area contributed by atoms with Gasteiger partial charge in [0.05, 0.1) is 0 Å². The molecular formula is C7H10ClN5O. The third kappa shape index (κ3) is 2.23. The lowest BCUT2D eigenvalue weighted by atomic mass is 10.5. The number of anilines is 3. The van der Waals surface area contributed by atoms with Crippen LogP contribution in [0.5, 0.6) is 0 Å². The number of nitrogens with zero attached hydrogens (tertiary/aromatic N) is 2. The van der Waals surface area contributed by atoms with Gasteiger partial charge in [-0.15, -0.1) is 0 Å². The van der Waals surface area contributed by atoms with Gasteiger partial charge in [-0.1, -0.05) is 11.6 Å². The zero-order chi connectivity index (χ0) is 10.7. The minimum atomic E-state index is -0.270. The average molecular weight is 216 g/mol. The number of nitrogens with two attached hydrogens (primary N) is 1. The fraction of sp³-hybridized carbons (Fsp3) is 0.286. The molecule has 0 aliphatic carbocycles. The van der Waals surface area contributed by atoms with Crippen LogP contribution >= 0.6 is 11.6 Å². The maximum Gasteiger partial charge on any atom is 0.232 e. The van der Waals surface area contributed by atoms with Crippen LogP contribution in [-0.2, 0) is 4.79 Å². The Kier molecular flexibility index (Phi) is 3.08. The molecule has 0 saturated carbocycles. The SMILES string of the molecule is CNc1nc(NC(C)=O)nc(Cl)c1N. The average Bonchev–Trinajstić information content (AvgIpc) is 2.10. The van der Waals surface area contributed by atoms with Crippen LogP contribution in [0.25, 0.3) is 0 Å². The Hall–Kier alpha value is -1.56. The number of halogens is 1. The van der Waals surface area contributed by atoms with Crippen LogP contribution in [0.3, 0.4) is 0 Å². The van der Waals surface area contributed by atoms with E-state index in [1.54, 1.807) is 7.05 Å². The summed E-state index contributed by atoms with van der Waals surface area (Å²) in [7, 11) is 1.65. The first kappa shape index (κ1) is 10.5. The second-order valence-electron chi connectivity index (χ2n) is 2.53. The lowest BCUT2D eigenvalue weighted by molar-refractivity contribution is -0.114. The first-order valence-electron chi connectivity index (χ1n) is 3.83. The summed E-state index contributed by atoms with van der Waals surface area (Å²) in [5.41, 5.74) is 5.81. The summed E-state index contributed by atoms with van der Waals surface area (Å²) in [6, 6.07) is 0. The van der Waals surface area contributed by atoms with Crippen LogP contribution in [-0.4, -0.2) is 22.9 Å². The zero-order valence-electron chi connectivity index (χ0n) is 7.76. The van der Waals surface area contributed by atoms with Gasteiger partial charge in [0.2, 0.25) is 11.9 Å². The molecule has 0 aliphatic heterocycles. The second-order valence-corrected chi connectivity index (χ2v) is 2.89. The van der Waals surface area contributed by atoms with Crippen molar-refractivity contribution in [1.29, 1.82) is 0 Å². The molecule has 1 aromatic rings. The van der Waals surface area contributed by atoms with Gasteiger partial charge in [-0.2, -0.15) is 9.97 Å². The Morgan fingerprint density at radius 3 is 2.64 bits per heavy atom. The third-order valence-electron chi connectivity index (χ3n) is 1.42. The van der Waals surface area contributed by atoms with Gasteiger partial charge in [0.15, 0.2) is 11.0 Å². The highest BCUT2D eigenvalue weighted by Crippen LogP contribution is 2.24. The molecular weight excluding hydrogens is 206 g/mol. The number of amides is 1. The lowest BCUT2D eigenvalue weighted by Crippen LogP contribution is -2.11. The largest absolute Gasteiger partial charge is 0.393 e. The van der Waals surface area contributed by atoms with Crippen molar-refractivity contribution in [3.8, 4) is 0 Å². The zero-order valence-corrected chi connectivity index (χ0v) is 8.51. The van der Waals surface area contributed by atoms with Crippen LogP contribution in [0.1, 0.15) is 6.92 Å². The number of rotatable bonds is 2. The first-order chi connectivity index (χ1) is 6.54. The number of aromatic nitrogens is 2. The van der Waals surface area contributed by atoms with Crippen molar-refractivity contribution < 1.29 is 4.79 Å². The van der Waals surface area contributed by atoms with Gasteiger partial charge in [-0.25, -0.2) is 0 Å². The number of carbonyl (C=O) groups excluding carboxylic acids is 1. The number of hydrogen-bond donors (Lipinski definition) is 3. The van der Waals surface area contributed by atoms with Crippen molar-refractivity contribution >= 4 is 35.0 Å². The topological polar surface area (TPSA) is 92.9 Å². The van der Waals surface area contributed by atoms with Crippen LogP contribution < -0.4 is 16.4 Å². The van der Waals surface area contributed by atoms with E-state index in [0.29, 0.717) is 5.82 Å². The Balaban J connectivity index is 3.09. The molecule has 1 rings (SSSR count). The van der Waals surface area contributed by atoms with Crippen molar-refractivity contribution in [3.63, 3.8) is 0 Å². The lowest BCUT2D eigenvalue weighted by Gasteiger charge is -2.07. The molecule has 1 amide bonds. The van der Waals surface area contributed by atoms with Crippen LogP contribution in [0.4, 0.5) is 17.5 Å². The standard InChI is InChI=1S/C7H10ClN5O/c1-3(14)11-7-12-5(8)4(9)6(10-2)13-7/h9H2,1-2H3,(H2,10,11,12,13,14). The molecule has 4 N–H and O–H groups in total. The summed E-state index contributed by atoms with van der Waals surface area (Å²) in [4.78, 5) is 18.4. The summed E-state index contributed by atoms with van der Waals surface area (Å²) in [6.07, 6.45) is 0. The molecule has 0 radical (unpaired) electrons. The highest BCUT2D eigenvalue weighted by Gasteiger charge is 2.09. The molecule has 0 atom stereocenters. The first-order valence-corrected chi connectivity index (χ1v) is 4.20. The van der Waals surface area contributed by atoms with E-state index in [1.165, 1.54) is 6.92 Å². The van der Waals surface area contributed by atoms with E-state index in [1.807, 2.05) is 0 Å². The number of carbonyl (C=O) groups is 1. The second kappa shape index (κ2) is 4.10. The molecule has 76 valence electrons. The maximum atomic E-state index is 10.7. The third-order valence-corrected chi connectivity index (χ3v) is 1.71. The normalized spacial score (nSPS) is 9.64. The predicted molar refractivity (Wildman–Crippen MR) is 55.3 cm³/mol. The number of nitrogens with one attached hydrogen (secondary N) is 2. The van der Waals surface area contributed by atoms with Gasteiger partial charge in [0, 0.05) is 14.0 Å². The smallest absolute Gasteiger partial charge is 0.232 e. The maximum absolute atomic E-state index is 10.7. The van der Waals surface area contributed by atoms with E-state index >= 15 is 0 Å². The highest BCUT2D eigenvalue weighted by molar-refractivity contribution is 6.32. The Morgan fingerprint density at radius 2 is 2.14 bits per heavy atom. The Labute approximate surface area is 85.9 Å². The molecule has 1 heterocycles. The van der Waals surface area contributed by atoms with Crippen molar-refractivity contribution in [1.82, 2.24) is 9.97 Å². The van der Waals surface area contributed by atoms with E-state index in [4.69, 9.17) is 17.3 Å². The molecule has 6 nitrogen and oxygen atoms in total. The monoisotopic (exact) mass is 215 g/mol. The van der Waals surface area contributed by atoms with Gasteiger partial charge in [0.1, 0.15) is 5.69 Å². The predicted octanol–water partition coefficient (Wildman–Crippen LogP) is 0.712. The summed E-state index contributed by atoms with van der Waals surface area (Å²) in [5, 5.41) is 5.25. The number of hydrogen-bond acceptors (Lipinski definition) is 5. The highest BCUT2D eigenvalue weighted by atomic mass is 35.5. The van der Waals surface area contributed by atoms with E-state index in [-0.39, 0.29) is 22.7 Å². The van der Waals surface area contributed by atoms with Crippen LogP contribution in [0.2, 0.25) is 5.15 Å². The van der Waals surface area contributed by atoms with Crippen molar-refractivity contribution in [2.75, 3.05) is 23.4 Å². The molecule has 14 heavy (non-hydrogen) atoms. The molecule has 7 heteroatoms. The minimum absolute atomic E-state index is 0.105. The minimum Gasteiger partial charge on any atom is -0.393 e. The molecule has 0 saturated heterocycles. The van der Waals surface area contributed by atoms with Gasteiger partial charge in [-0.3, -0.25) is 10.1 Å². The molecule has 0 aliphatic rings. The van der Waals surface area contributed by atoms with E-state index < -0.39 is 0 Å². The Morgan fingerprint density at radius 1 is 1.50 bits per heavy atom. The molecule has 0 unspecified atom stereocenters. The van der Waals surface area contributed by atoms with Gasteiger partial charge >= 0.3 is 0 Å². The van der Waals surface area contributed by atoms with Crippen molar-refractivity contribution in [3.05, 3.63) is 5.15 Å². The van der Waals surface area contributed by atoms with Crippen LogP contribution in [0, 0.1) is 0 Å². The van der Waals surface area contributed by atoms with E-state index in [9.17, 15) is 4.79 Å². The van der Waals surface area contributed by atoms with Gasteiger partial charge in [0.25, 0.3) is 0 Å². The van der Waals surface area contributed by atoms with Crippen molar-refractivity contribution in [2.24, 2.45) is 0 Å². The fourth-order valence-electron chi connectivity index (χ4n) is 0.846. The van der Waals surface area contributed by atoms with Gasteiger partial charge < -0.3 is 11.1 Å². The van der Waals surface area contributed by atoms with E-state index in [0.717, 1.165) is 0 Å². The van der Waals surface area contributed by atoms with Gasteiger partial charge in [-0.05, 0) is 0 Å². The van der Waals surface area contributed by atoms with E-state index in [2.05, 4.69) is 20.6 Å². The summed E-state index contributed by atoms with van der Waals surface area (Å²) in [6.45, 7) is 1.35. The molecule has 1 aromatic heterocycles. The summed E-state index contributed by atoms with van der Waals surface area (Å²) in [5.74, 6) is 0.239. The molecule has 0 fully saturated rings. The summed E-state index contributed by atoms with van der Waals surface area (Å²) >= 11 is 5.71. The van der Waals surface area contributed by atoms with Crippen LogP contribution in [0.15, 0.2) is 0 Å². The number of nitrogen functional groups attached to an aromatic ring is 1. The quantitative estimate of drug-likeness (QED) is 0.632. The Bertz CT molecular complexity index is 367. The molecule has 0 bridgehead atoms. The van der Waals surface area contributed by atoms with Crippen molar-refractivity contribution in [2.45, 2.75) is 6.92 Å².